The van der Waals surface area contributed by atoms with E-state index in [-0.39, 0.29) is 21.4 Å². The SMILES string of the molecule is NC(=O)c1ccccc1N1C(=O)/C(=C/c2ccc(O)c(O)c2)SC1=S. The van der Waals surface area contributed by atoms with E-state index in [0.717, 1.165) is 11.8 Å². The quantitative estimate of drug-likeness (QED) is 0.435. The maximum absolute atomic E-state index is 12.7. The van der Waals surface area contributed by atoms with Crippen LogP contribution in [0.1, 0.15) is 15.9 Å². The molecular formula is C17H12N2O4S2. The molecule has 6 nitrogen and oxygen atoms in total. The maximum Gasteiger partial charge on any atom is 0.270 e. The number of phenols is 2. The minimum Gasteiger partial charge on any atom is -0.504 e. The summed E-state index contributed by atoms with van der Waals surface area (Å²) in [5, 5.41) is 18.9. The fourth-order valence-electron chi connectivity index (χ4n) is 2.33. The number of hydrogen-bond donors (Lipinski definition) is 3. The van der Waals surface area contributed by atoms with E-state index in [0.29, 0.717) is 16.2 Å². The van der Waals surface area contributed by atoms with Crippen molar-refractivity contribution < 1.29 is 19.8 Å². The Morgan fingerprint density at radius 2 is 1.88 bits per heavy atom. The third-order valence-corrected chi connectivity index (χ3v) is 4.80. The van der Waals surface area contributed by atoms with Crippen molar-refractivity contribution >= 4 is 51.9 Å². The highest BCUT2D eigenvalue weighted by atomic mass is 32.2. The van der Waals surface area contributed by atoms with Gasteiger partial charge in [0.05, 0.1) is 16.2 Å². The summed E-state index contributed by atoms with van der Waals surface area (Å²) < 4.78 is 0.271. The number of rotatable bonds is 3. The van der Waals surface area contributed by atoms with Gasteiger partial charge >= 0.3 is 0 Å². The van der Waals surface area contributed by atoms with Crippen LogP contribution in [-0.2, 0) is 4.79 Å². The van der Waals surface area contributed by atoms with E-state index in [4.69, 9.17) is 18.0 Å². The predicted molar refractivity (Wildman–Crippen MR) is 100 cm³/mol. The molecule has 0 bridgehead atoms. The van der Waals surface area contributed by atoms with E-state index in [1.54, 1.807) is 30.3 Å². The van der Waals surface area contributed by atoms with Crippen molar-refractivity contribution in [1.29, 1.82) is 0 Å². The molecule has 0 saturated carbocycles. The topological polar surface area (TPSA) is 104 Å². The Morgan fingerprint density at radius 1 is 1.16 bits per heavy atom. The molecule has 3 rings (SSSR count). The van der Waals surface area contributed by atoms with Crippen molar-refractivity contribution in [3.63, 3.8) is 0 Å². The van der Waals surface area contributed by atoms with Crippen LogP contribution in [0.3, 0.4) is 0 Å². The van der Waals surface area contributed by atoms with Gasteiger partial charge in [0.15, 0.2) is 15.8 Å². The van der Waals surface area contributed by atoms with Crippen molar-refractivity contribution in [2.24, 2.45) is 5.73 Å². The third kappa shape index (κ3) is 3.21. The molecule has 1 aliphatic heterocycles. The van der Waals surface area contributed by atoms with Gasteiger partial charge in [0.1, 0.15) is 0 Å². The van der Waals surface area contributed by atoms with Gasteiger partial charge < -0.3 is 15.9 Å². The lowest BCUT2D eigenvalue weighted by Crippen LogP contribution is -2.30. The molecule has 0 aliphatic carbocycles. The standard InChI is InChI=1S/C17H12N2O4S2/c18-15(22)10-3-1-2-4-11(10)19-16(23)14(25-17(19)24)8-9-5-6-12(20)13(21)7-9/h1-8,20-21H,(H2,18,22)/b14-8-. The van der Waals surface area contributed by atoms with E-state index >= 15 is 0 Å². The van der Waals surface area contributed by atoms with E-state index in [2.05, 4.69) is 0 Å². The molecule has 0 unspecified atom stereocenters. The number of nitrogens with two attached hydrogens (primary N) is 1. The summed E-state index contributed by atoms with van der Waals surface area (Å²) in [7, 11) is 0. The molecule has 2 aromatic carbocycles. The van der Waals surface area contributed by atoms with Gasteiger partial charge in [-0.05, 0) is 35.9 Å². The number of para-hydroxylation sites is 1. The highest BCUT2D eigenvalue weighted by Crippen LogP contribution is 2.38. The van der Waals surface area contributed by atoms with Gasteiger partial charge in [-0.3, -0.25) is 14.5 Å². The van der Waals surface area contributed by atoms with Crippen LogP contribution in [0, 0.1) is 0 Å². The molecular weight excluding hydrogens is 360 g/mol. The first-order valence-electron chi connectivity index (χ1n) is 7.07. The zero-order chi connectivity index (χ0) is 18.1. The molecule has 0 aromatic heterocycles. The van der Waals surface area contributed by atoms with Crippen LogP contribution >= 0.6 is 24.0 Å². The first kappa shape index (κ1) is 17.0. The lowest BCUT2D eigenvalue weighted by atomic mass is 10.1. The number of aromatic hydroxyl groups is 2. The summed E-state index contributed by atoms with van der Waals surface area (Å²) in [5.74, 6) is -1.59. The van der Waals surface area contributed by atoms with Crippen molar-refractivity contribution in [1.82, 2.24) is 0 Å². The minimum absolute atomic E-state index is 0.197. The number of phenolic OH excluding ortho intramolecular Hbond substituents is 2. The Balaban J connectivity index is 1.99. The van der Waals surface area contributed by atoms with E-state index < -0.39 is 11.8 Å². The molecule has 4 N–H and O–H groups in total. The van der Waals surface area contributed by atoms with Gasteiger partial charge in [0.25, 0.3) is 11.8 Å². The van der Waals surface area contributed by atoms with Crippen molar-refractivity contribution in [3.05, 3.63) is 58.5 Å². The summed E-state index contributed by atoms with van der Waals surface area (Å²) in [6.07, 6.45) is 1.55. The zero-order valence-corrected chi connectivity index (χ0v) is 14.3. The lowest BCUT2D eigenvalue weighted by molar-refractivity contribution is -0.113. The zero-order valence-electron chi connectivity index (χ0n) is 12.7. The molecule has 1 fully saturated rings. The average molecular weight is 372 g/mol. The summed E-state index contributed by atoms with van der Waals surface area (Å²) >= 11 is 6.35. The first-order chi connectivity index (χ1) is 11.9. The number of carbonyl (C=O) groups excluding carboxylic acids is 2. The molecule has 2 aromatic rings. The highest BCUT2D eigenvalue weighted by molar-refractivity contribution is 8.27. The van der Waals surface area contributed by atoms with Crippen LogP contribution in [0.15, 0.2) is 47.4 Å². The van der Waals surface area contributed by atoms with E-state index in [1.165, 1.54) is 23.1 Å². The monoisotopic (exact) mass is 372 g/mol. The predicted octanol–water partition coefficient (Wildman–Crippen LogP) is 2.60. The Bertz CT molecular complexity index is 940. The smallest absolute Gasteiger partial charge is 0.270 e. The molecule has 8 heteroatoms. The van der Waals surface area contributed by atoms with Gasteiger partial charge in [-0.25, -0.2) is 0 Å². The number of carbonyl (C=O) groups is 2. The Morgan fingerprint density at radius 3 is 2.56 bits per heavy atom. The second kappa shape index (κ2) is 6.58. The molecule has 126 valence electrons. The molecule has 1 aliphatic rings. The summed E-state index contributed by atoms with van der Waals surface area (Å²) in [6, 6.07) is 10.7. The highest BCUT2D eigenvalue weighted by Gasteiger charge is 2.35. The number of nitrogens with zero attached hydrogens (tertiary/aromatic N) is 1. The van der Waals surface area contributed by atoms with Crippen molar-refractivity contribution in [2.75, 3.05) is 4.90 Å². The summed E-state index contributed by atoms with van der Waals surface area (Å²) in [6.45, 7) is 0. The normalized spacial score (nSPS) is 15.8. The number of thioether (sulfide) groups is 1. The van der Waals surface area contributed by atoms with Gasteiger partial charge in [-0.15, -0.1) is 0 Å². The van der Waals surface area contributed by atoms with Crippen LogP contribution in [0.25, 0.3) is 6.08 Å². The number of anilines is 1. The van der Waals surface area contributed by atoms with Crippen LogP contribution in [-0.4, -0.2) is 26.3 Å². The molecule has 25 heavy (non-hydrogen) atoms. The summed E-state index contributed by atoms with van der Waals surface area (Å²) in [5.41, 5.74) is 6.42. The number of thiocarbonyl (C=S) groups is 1. The van der Waals surface area contributed by atoms with Crippen molar-refractivity contribution in [2.45, 2.75) is 0 Å². The second-order valence-corrected chi connectivity index (χ2v) is 6.82. The van der Waals surface area contributed by atoms with Crippen LogP contribution in [0.5, 0.6) is 11.5 Å². The number of primary amides is 1. The number of benzene rings is 2. The molecule has 0 radical (unpaired) electrons. The lowest BCUT2D eigenvalue weighted by Gasteiger charge is -2.17. The first-order valence-corrected chi connectivity index (χ1v) is 8.29. The second-order valence-electron chi connectivity index (χ2n) is 5.15. The molecule has 0 spiro atoms. The van der Waals surface area contributed by atoms with Crippen LogP contribution in [0.4, 0.5) is 5.69 Å². The number of hydrogen-bond acceptors (Lipinski definition) is 6. The number of amides is 2. The van der Waals surface area contributed by atoms with Gasteiger partial charge in [0, 0.05) is 0 Å². The summed E-state index contributed by atoms with van der Waals surface area (Å²) in [4.78, 5) is 25.9. The van der Waals surface area contributed by atoms with Gasteiger partial charge in [-0.2, -0.15) is 0 Å². The van der Waals surface area contributed by atoms with Crippen molar-refractivity contribution in [3.8, 4) is 11.5 Å². The van der Waals surface area contributed by atoms with E-state index in [9.17, 15) is 19.8 Å². The largest absolute Gasteiger partial charge is 0.504 e. The van der Waals surface area contributed by atoms with Crippen LogP contribution < -0.4 is 10.6 Å². The minimum atomic E-state index is -0.655. The van der Waals surface area contributed by atoms with Gasteiger partial charge in [0.2, 0.25) is 0 Å². The van der Waals surface area contributed by atoms with Crippen LogP contribution in [0.2, 0.25) is 0 Å². The molecule has 1 saturated heterocycles. The maximum atomic E-state index is 12.7. The molecule has 1 heterocycles. The Labute approximate surface area is 152 Å². The Hall–Kier alpha value is -2.84. The molecule has 2 amide bonds. The van der Waals surface area contributed by atoms with E-state index in [1.807, 2.05) is 0 Å². The average Bonchev–Trinajstić information content (AvgIpc) is 2.84. The Kier molecular flexibility index (Phi) is 4.47. The molecule has 0 atom stereocenters. The fraction of sp³-hybridized carbons (Fsp3) is 0. The fourth-order valence-corrected chi connectivity index (χ4v) is 3.62. The van der Waals surface area contributed by atoms with Gasteiger partial charge in [-0.1, -0.05) is 42.2 Å². The third-order valence-electron chi connectivity index (χ3n) is 3.50.